The molecule has 0 bridgehead atoms. The molecule has 0 radical (unpaired) electrons. The standard InChI is InChI=1S/C15H17N3O3/c1-12-9-15(16-10-14(12)18(20)21)17(7-8-19)11-13-5-3-2-4-6-13/h2-6,9-10,19H,7-8,11H2,1H3. The first-order valence-corrected chi connectivity index (χ1v) is 6.62. The minimum absolute atomic E-state index is 0.00223. The van der Waals surface area contributed by atoms with Crippen LogP contribution in [0.5, 0.6) is 0 Å². The number of hydrogen-bond acceptors (Lipinski definition) is 5. The van der Waals surface area contributed by atoms with Gasteiger partial charge in [-0.2, -0.15) is 0 Å². The number of rotatable bonds is 6. The van der Waals surface area contributed by atoms with E-state index in [-0.39, 0.29) is 12.3 Å². The highest BCUT2D eigenvalue weighted by atomic mass is 16.6. The zero-order chi connectivity index (χ0) is 15.2. The number of benzene rings is 1. The molecule has 110 valence electrons. The van der Waals surface area contributed by atoms with Crippen molar-refractivity contribution >= 4 is 11.5 Å². The molecule has 0 atom stereocenters. The number of aliphatic hydroxyl groups is 1. The van der Waals surface area contributed by atoms with E-state index in [0.29, 0.717) is 24.5 Å². The molecule has 1 aromatic carbocycles. The topological polar surface area (TPSA) is 79.5 Å². The van der Waals surface area contributed by atoms with E-state index in [9.17, 15) is 15.2 Å². The minimum atomic E-state index is -0.445. The first-order chi connectivity index (χ1) is 10.1. The molecule has 0 fully saturated rings. The molecular weight excluding hydrogens is 270 g/mol. The number of pyridine rings is 1. The van der Waals surface area contributed by atoms with Gasteiger partial charge in [-0.15, -0.1) is 0 Å². The van der Waals surface area contributed by atoms with Crippen molar-refractivity contribution in [2.45, 2.75) is 13.5 Å². The van der Waals surface area contributed by atoms with Crippen molar-refractivity contribution < 1.29 is 10.0 Å². The molecule has 0 spiro atoms. The third-order valence-electron chi connectivity index (χ3n) is 3.18. The molecule has 0 saturated heterocycles. The lowest BCUT2D eigenvalue weighted by molar-refractivity contribution is -0.385. The van der Waals surface area contributed by atoms with Gasteiger partial charge in [0, 0.05) is 18.7 Å². The van der Waals surface area contributed by atoms with Gasteiger partial charge in [0.1, 0.15) is 12.0 Å². The highest BCUT2D eigenvalue weighted by Gasteiger charge is 2.15. The molecule has 0 aliphatic heterocycles. The van der Waals surface area contributed by atoms with Crippen LogP contribution in [0.2, 0.25) is 0 Å². The summed E-state index contributed by atoms with van der Waals surface area (Å²) in [6.07, 6.45) is 1.26. The molecule has 0 saturated carbocycles. The van der Waals surface area contributed by atoms with Gasteiger partial charge in [-0.05, 0) is 18.6 Å². The summed E-state index contributed by atoms with van der Waals surface area (Å²) in [4.78, 5) is 16.4. The smallest absolute Gasteiger partial charge is 0.290 e. The predicted octanol–water partition coefficient (Wildman–Crippen LogP) is 2.30. The Kier molecular flexibility index (Phi) is 4.84. The van der Waals surface area contributed by atoms with Gasteiger partial charge in [-0.1, -0.05) is 30.3 Å². The normalized spacial score (nSPS) is 10.4. The van der Waals surface area contributed by atoms with Crippen LogP contribution >= 0.6 is 0 Å². The van der Waals surface area contributed by atoms with E-state index in [2.05, 4.69) is 4.98 Å². The molecule has 2 rings (SSSR count). The summed E-state index contributed by atoms with van der Waals surface area (Å²) in [5.74, 6) is 0.621. The SMILES string of the molecule is Cc1cc(N(CCO)Cc2ccccc2)ncc1[N+](=O)[O-]. The Morgan fingerprint density at radius 1 is 1.33 bits per heavy atom. The molecule has 0 aliphatic carbocycles. The maximum Gasteiger partial charge on any atom is 0.290 e. The molecule has 2 aromatic rings. The second kappa shape index (κ2) is 6.81. The molecule has 21 heavy (non-hydrogen) atoms. The highest BCUT2D eigenvalue weighted by Crippen LogP contribution is 2.22. The molecule has 1 N–H and O–H groups in total. The summed E-state index contributed by atoms with van der Waals surface area (Å²) in [5, 5.41) is 20.0. The van der Waals surface area contributed by atoms with Gasteiger partial charge in [0.2, 0.25) is 0 Å². The second-order valence-corrected chi connectivity index (χ2v) is 4.72. The Balaban J connectivity index is 2.26. The number of nitro groups is 1. The fraction of sp³-hybridized carbons (Fsp3) is 0.267. The van der Waals surface area contributed by atoms with Crippen LogP contribution in [0, 0.1) is 17.0 Å². The molecule has 0 aliphatic rings. The summed E-state index contributed by atoms with van der Waals surface area (Å²) in [6, 6.07) is 11.5. The Hall–Kier alpha value is -2.47. The molecule has 1 heterocycles. The average molecular weight is 287 g/mol. The second-order valence-electron chi connectivity index (χ2n) is 4.72. The van der Waals surface area contributed by atoms with Crippen molar-refractivity contribution in [1.82, 2.24) is 4.98 Å². The van der Waals surface area contributed by atoms with Gasteiger partial charge < -0.3 is 10.0 Å². The van der Waals surface area contributed by atoms with Crippen molar-refractivity contribution in [3.8, 4) is 0 Å². The zero-order valence-corrected chi connectivity index (χ0v) is 11.8. The molecule has 6 nitrogen and oxygen atoms in total. The van der Waals surface area contributed by atoms with Gasteiger partial charge in [0.05, 0.1) is 11.5 Å². The van der Waals surface area contributed by atoms with Gasteiger partial charge in [-0.25, -0.2) is 4.98 Å². The van der Waals surface area contributed by atoms with Crippen LogP contribution < -0.4 is 4.90 Å². The fourth-order valence-electron chi connectivity index (χ4n) is 2.10. The third kappa shape index (κ3) is 3.76. The minimum Gasteiger partial charge on any atom is -0.395 e. The molecular formula is C15H17N3O3. The van der Waals surface area contributed by atoms with E-state index in [1.54, 1.807) is 13.0 Å². The van der Waals surface area contributed by atoms with Crippen LogP contribution in [0.3, 0.4) is 0 Å². The molecule has 1 aromatic heterocycles. The van der Waals surface area contributed by atoms with Crippen LogP contribution in [-0.2, 0) is 6.54 Å². The largest absolute Gasteiger partial charge is 0.395 e. The average Bonchev–Trinajstić information content (AvgIpc) is 2.47. The number of hydrogen-bond donors (Lipinski definition) is 1. The van der Waals surface area contributed by atoms with Crippen molar-refractivity contribution in [2.75, 3.05) is 18.1 Å². The van der Waals surface area contributed by atoms with Crippen LogP contribution in [-0.4, -0.2) is 28.2 Å². The van der Waals surface area contributed by atoms with E-state index in [0.717, 1.165) is 5.56 Å². The summed E-state index contributed by atoms with van der Waals surface area (Å²) in [6.45, 7) is 2.68. The van der Waals surface area contributed by atoms with E-state index in [1.807, 2.05) is 35.2 Å². The maximum atomic E-state index is 10.8. The highest BCUT2D eigenvalue weighted by molar-refractivity contribution is 5.49. The Labute approximate surface area is 122 Å². The van der Waals surface area contributed by atoms with Crippen LogP contribution in [0.15, 0.2) is 42.6 Å². The lowest BCUT2D eigenvalue weighted by Crippen LogP contribution is -2.27. The Morgan fingerprint density at radius 2 is 2.05 bits per heavy atom. The van der Waals surface area contributed by atoms with Crippen LogP contribution in [0.25, 0.3) is 0 Å². The summed E-state index contributed by atoms with van der Waals surface area (Å²) in [5.41, 5.74) is 1.65. The van der Waals surface area contributed by atoms with E-state index in [4.69, 9.17) is 0 Å². The Bertz CT molecular complexity index is 617. The van der Waals surface area contributed by atoms with Gasteiger partial charge in [0.15, 0.2) is 0 Å². The molecule has 0 amide bonds. The lowest BCUT2D eigenvalue weighted by Gasteiger charge is -2.23. The summed E-state index contributed by atoms with van der Waals surface area (Å²) >= 11 is 0. The number of aliphatic hydroxyl groups excluding tert-OH is 1. The number of nitrogens with zero attached hydrogens (tertiary/aromatic N) is 3. The van der Waals surface area contributed by atoms with E-state index >= 15 is 0 Å². The van der Waals surface area contributed by atoms with Crippen molar-refractivity contribution in [3.63, 3.8) is 0 Å². The third-order valence-corrected chi connectivity index (χ3v) is 3.18. The Morgan fingerprint density at radius 3 is 2.62 bits per heavy atom. The van der Waals surface area contributed by atoms with E-state index < -0.39 is 4.92 Å². The number of aromatic nitrogens is 1. The first-order valence-electron chi connectivity index (χ1n) is 6.62. The number of anilines is 1. The van der Waals surface area contributed by atoms with Gasteiger partial charge in [-0.3, -0.25) is 10.1 Å². The predicted molar refractivity (Wildman–Crippen MR) is 80.2 cm³/mol. The number of aryl methyl sites for hydroxylation is 1. The molecule has 0 unspecified atom stereocenters. The lowest BCUT2D eigenvalue weighted by atomic mass is 10.2. The molecule has 6 heteroatoms. The van der Waals surface area contributed by atoms with Gasteiger partial charge in [0.25, 0.3) is 5.69 Å². The monoisotopic (exact) mass is 287 g/mol. The maximum absolute atomic E-state index is 10.8. The van der Waals surface area contributed by atoms with Crippen molar-refractivity contribution in [2.24, 2.45) is 0 Å². The van der Waals surface area contributed by atoms with Gasteiger partial charge >= 0.3 is 0 Å². The van der Waals surface area contributed by atoms with Crippen molar-refractivity contribution in [3.05, 3.63) is 63.8 Å². The first kappa shape index (κ1) is 14.9. The zero-order valence-electron chi connectivity index (χ0n) is 11.8. The summed E-state index contributed by atoms with van der Waals surface area (Å²) in [7, 11) is 0. The van der Waals surface area contributed by atoms with E-state index in [1.165, 1.54) is 6.20 Å². The quantitative estimate of drug-likeness (QED) is 0.651. The van der Waals surface area contributed by atoms with Crippen LogP contribution in [0.1, 0.15) is 11.1 Å². The summed E-state index contributed by atoms with van der Waals surface area (Å²) < 4.78 is 0. The van der Waals surface area contributed by atoms with Crippen molar-refractivity contribution in [1.29, 1.82) is 0 Å². The van der Waals surface area contributed by atoms with Crippen LogP contribution in [0.4, 0.5) is 11.5 Å². The fourth-order valence-corrected chi connectivity index (χ4v) is 2.10.